The Balaban J connectivity index is 0.000000450. The van der Waals surface area contributed by atoms with E-state index >= 15 is 0 Å². The minimum atomic E-state index is 0. The fourth-order valence-corrected chi connectivity index (χ4v) is 9.99. The van der Waals surface area contributed by atoms with Crippen molar-refractivity contribution in [2.24, 2.45) is 15.2 Å². The van der Waals surface area contributed by atoms with Gasteiger partial charge in [0.15, 0.2) is 24.8 Å². The molecule has 0 radical (unpaired) electrons. The fourth-order valence-electron chi connectivity index (χ4n) is 9.99. The van der Waals surface area contributed by atoms with Gasteiger partial charge in [-0.05, 0) is 141 Å². The number of halogens is 2. The number of hydrogen-bond acceptors (Lipinski definition) is 9. The second-order valence-corrected chi connectivity index (χ2v) is 23.5. The number of rotatable bonds is 46. The number of azo groups is 1. The molecular formula is C75H113Br2N7O4+2. The molecule has 0 aliphatic carbocycles. The fraction of sp³-hybridized carbons (Fsp3) is 0.533. The van der Waals surface area contributed by atoms with Gasteiger partial charge in [0.25, 0.3) is 0 Å². The molecule has 2 heterocycles. The summed E-state index contributed by atoms with van der Waals surface area (Å²) in [5.74, 6) is 3.62. The average molecular weight is 1340 g/mol. The van der Waals surface area contributed by atoms with Gasteiger partial charge < -0.3 is 28.7 Å². The van der Waals surface area contributed by atoms with Crippen LogP contribution >= 0.6 is 34.0 Å². The number of aliphatic imine (C=N–C) groups is 1. The molecule has 11 nitrogen and oxygen atoms in total. The van der Waals surface area contributed by atoms with E-state index < -0.39 is 0 Å². The number of unbranched alkanes of at least 4 members (excludes halogenated alkanes) is 24. The van der Waals surface area contributed by atoms with E-state index in [9.17, 15) is 0 Å². The first-order valence-corrected chi connectivity index (χ1v) is 33.5. The normalized spacial score (nSPS) is 11.0. The van der Waals surface area contributed by atoms with Gasteiger partial charge in [0.05, 0.1) is 43.5 Å². The van der Waals surface area contributed by atoms with E-state index in [0.29, 0.717) is 0 Å². The predicted octanol–water partition coefficient (Wildman–Crippen LogP) is 21.3. The van der Waals surface area contributed by atoms with E-state index in [1.165, 1.54) is 165 Å². The Labute approximate surface area is 554 Å². The van der Waals surface area contributed by atoms with E-state index in [1.807, 2.05) is 91.1 Å². The van der Waals surface area contributed by atoms with Crippen molar-refractivity contribution in [1.82, 2.24) is 0 Å². The van der Waals surface area contributed by atoms with Gasteiger partial charge in [0.1, 0.15) is 36.1 Å². The lowest BCUT2D eigenvalue weighted by molar-refractivity contribution is -0.697. The molecule has 0 saturated carbocycles. The Morgan fingerprint density at radius 2 is 0.580 bits per heavy atom. The molecule has 0 atom stereocenters. The van der Waals surface area contributed by atoms with Crippen molar-refractivity contribution in [3.8, 4) is 23.0 Å². The molecule has 0 unspecified atom stereocenters. The van der Waals surface area contributed by atoms with Gasteiger partial charge in [-0.15, -0.1) is 34.0 Å². The second kappa shape index (κ2) is 50.0. The third-order valence-electron chi connectivity index (χ3n) is 15.5. The number of aromatic nitrogens is 2. The van der Waals surface area contributed by atoms with Gasteiger partial charge >= 0.3 is 0 Å². The van der Waals surface area contributed by atoms with Crippen LogP contribution in [0.5, 0.6) is 23.0 Å². The average Bonchev–Trinajstić information content (AvgIpc) is 3.75. The molecule has 2 aromatic heterocycles. The van der Waals surface area contributed by atoms with Crippen LogP contribution in [0.4, 0.5) is 28.4 Å². The van der Waals surface area contributed by atoms with Gasteiger partial charge in [-0.25, -0.2) is 9.13 Å². The largest absolute Gasteiger partial charge is 0.494 e. The quantitative estimate of drug-likeness (QED) is 0.0164. The molecule has 0 saturated heterocycles. The zero-order valence-electron chi connectivity index (χ0n) is 55.1. The molecule has 0 bridgehead atoms. The van der Waals surface area contributed by atoms with Gasteiger partial charge in [-0.3, -0.25) is 4.99 Å². The van der Waals surface area contributed by atoms with Crippen LogP contribution < -0.4 is 37.9 Å². The molecule has 88 heavy (non-hydrogen) atoms. The lowest BCUT2D eigenvalue weighted by Gasteiger charge is -2.10. The number of hydrogen-bond donors (Lipinski definition) is 0. The molecule has 0 N–H and O–H groups in total. The minimum absolute atomic E-state index is 0. The van der Waals surface area contributed by atoms with Crippen molar-refractivity contribution in [1.29, 1.82) is 0 Å². The number of pyridine rings is 2. The van der Waals surface area contributed by atoms with E-state index in [4.69, 9.17) is 18.9 Å². The Morgan fingerprint density at radius 1 is 0.318 bits per heavy atom. The van der Waals surface area contributed by atoms with Gasteiger partial charge in [0.2, 0.25) is 0 Å². The highest BCUT2D eigenvalue weighted by Gasteiger charge is 2.06. The van der Waals surface area contributed by atoms with Crippen LogP contribution in [-0.4, -0.2) is 60.8 Å². The van der Waals surface area contributed by atoms with Crippen LogP contribution in [-0.2, 0) is 13.1 Å². The highest BCUT2D eigenvalue weighted by Crippen LogP contribution is 2.25. The van der Waals surface area contributed by atoms with Gasteiger partial charge in [-0.2, -0.15) is 10.2 Å². The van der Waals surface area contributed by atoms with Crippen LogP contribution in [0.1, 0.15) is 199 Å². The summed E-state index contributed by atoms with van der Waals surface area (Å²) in [5.41, 5.74) is 6.12. The molecule has 13 heteroatoms. The van der Waals surface area contributed by atoms with Crippen LogP contribution in [0.25, 0.3) is 0 Å². The molecule has 6 rings (SSSR count). The molecule has 0 aliphatic heterocycles. The standard InChI is InChI=1S/C39H58N3O2.C36H53N4O2.2BrH/c1-4-5-6-7-8-11-14-17-32-43-38-23-19-35(20-24-38)34-40-36-21-25-39(26-22-36)44-33-18-15-12-9-10-13-16-29-42-30-27-37(28-31-42)41(2)3;1-4-5-6-7-12-15-30-41-35-21-17-32(18-22-35)37-38-33-19-23-36(24-20-33)42-31-16-13-10-8-9-11-14-27-40-28-25-34(26-29-40)39(2)3;;/h19-28,30-31,34H,4-18,29,32-33H2,1-3H3;17-26,28-29H,4-16,27,30-31H2,1-3H3;2*1H/q2*+1;;. The third-order valence-corrected chi connectivity index (χ3v) is 15.5. The zero-order valence-corrected chi connectivity index (χ0v) is 58.5. The molecule has 0 amide bonds. The minimum Gasteiger partial charge on any atom is -0.494 e. The summed E-state index contributed by atoms with van der Waals surface area (Å²) in [6.45, 7) is 9.82. The van der Waals surface area contributed by atoms with Crippen LogP contribution in [0.15, 0.2) is 161 Å². The van der Waals surface area contributed by atoms with Crippen molar-refractivity contribution < 1.29 is 28.1 Å². The van der Waals surface area contributed by atoms with Crippen molar-refractivity contribution in [2.45, 2.75) is 207 Å². The monoisotopic (exact) mass is 1330 g/mol. The Hall–Kier alpha value is -5.79. The van der Waals surface area contributed by atoms with Gasteiger partial charge in [0, 0.05) is 82.9 Å². The maximum absolute atomic E-state index is 5.96. The lowest BCUT2D eigenvalue weighted by Crippen LogP contribution is -2.32. The maximum atomic E-state index is 5.96. The van der Waals surface area contributed by atoms with Crippen molar-refractivity contribution in [3.05, 3.63) is 152 Å². The van der Waals surface area contributed by atoms with Crippen molar-refractivity contribution in [3.63, 3.8) is 0 Å². The molecule has 6 aromatic rings. The lowest BCUT2D eigenvalue weighted by atomic mass is 10.1. The molecule has 0 spiro atoms. The van der Waals surface area contributed by atoms with Crippen LogP contribution in [0.2, 0.25) is 0 Å². The van der Waals surface area contributed by atoms with Crippen molar-refractivity contribution >= 4 is 68.6 Å². The first-order chi connectivity index (χ1) is 42.3. The number of benzene rings is 4. The Bertz CT molecular complexity index is 2640. The van der Waals surface area contributed by atoms with E-state index in [-0.39, 0.29) is 34.0 Å². The summed E-state index contributed by atoms with van der Waals surface area (Å²) in [6.07, 6.45) is 46.3. The Morgan fingerprint density at radius 3 is 0.875 bits per heavy atom. The number of ether oxygens (including phenoxy) is 4. The van der Waals surface area contributed by atoms with E-state index in [2.05, 4.69) is 137 Å². The first kappa shape index (κ1) is 76.5. The van der Waals surface area contributed by atoms with Gasteiger partial charge in [-0.1, -0.05) is 142 Å². The highest BCUT2D eigenvalue weighted by atomic mass is 79.9. The first-order valence-electron chi connectivity index (χ1n) is 33.5. The van der Waals surface area contributed by atoms with E-state index in [1.54, 1.807) is 0 Å². The highest BCUT2D eigenvalue weighted by molar-refractivity contribution is 8.93. The molecular weight excluding hydrogens is 1220 g/mol. The number of aryl methyl sites for hydroxylation is 2. The smallest absolute Gasteiger partial charge is 0.170 e. The maximum Gasteiger partial charge on any atom is 0.170 e. The van der Waals surface area contributed by atoms with Crippen molar-refractivity contribution in [2.75, 3.05) is 64.4 Å². The summed E-state index contributed by atoms with van der Waals surface area (Å²) in [6, 6.07) is 40.6. The second-order valence-electron chi connectivity index (χ2n) is 23.5. The number of anilines is 2. The summed E-state index contributed by atoms with van der Waals surface area (Å²) in [4.78, 5) is 8.89. The summed E-state index contributed by atoms with van der Waals surface area (Å²) < 4.78 is 28.2. The third kappa shape index (κ3) is 36.0. The SMILES string of the molecule is Br.Br.CCCCCCCCCCOc1ccc(C=Nc2ccc(OCCCCCCCCC[n+]3ccc(N(C)C)cc3)cc2)cc1.CCCCCCCCOc1ccc(N=Nc2ccc(OCCCCCCCCC[n+]3ccc(N(C)C)cc3)cc2)cc1. The summed E-state index contributed by atoms with van der Waals surface area (Å²) in [7, 11) is 8.31. The molecule has 484 valence electrons. The van der Waals surface area contributed by atoms with Crippen LogP contribution in [0, 0.1) is 0 Å². The summed E-state index contributed by atoms with van der Waals surface area (Å²) in [5, 5.41) is 8.72. The molecule has 0 aliphatic rings. The number of nitrogens with zero attached hydrogens (tertiary/aromatic N) is 7. The topological polar surface area (TPSA) is 88.2 Å². The molecule has 4 aromatic carbocycles. The van der Waals surface area contributed by atoms with Crippen LogP contribution in [0.3, 0.4) is 0 Å². The molecule has 0 fully saturated rings. The predicted molar refractivity (Wildman–Crippen MR) is 382 cm³/mol. The summed E-state index contributed by atoms with van der Waals surface area (Å²) >= 11 is 0. The van der Waals surface area contributed by atoms with E-state index in [0.717, 1.165) is 111 Å². The zero-order chi connectivity index (χ0) is 60.8. The Kier molecular flexibility index (Phi) is 43.5.